The maximum atomic E-state index is 14.3. The SMILES string of the molecule is O=C([O-])CCc1ccc(NCc2cccc3c2CCCN3CCc2ccccc2C(F)(F)F)cc1F.[Na+]. The van der Waals surface area contributed by atoms with Gasteiger partial charge in [-0.2, -0.15) is 13.2 Å². The van der Waals surface area contributed by atoms with E-state index in [0.717, 1.165) is 42.3 Å². The van der Waals surface area contributed by atoms with E-state index in [1.165, 1.54) is 18.2 Å². The molecule has 37 heavy (non-hydrogen) atoms. The van der Waals surface area contributed by atoms with Crippen LogP contribution in [0.15, 0.2) is 60.7 Å². The molecule has 0 radical (unpaired) electrons. The zero-order valence-corrected chi connectivity index (χ0v) is 22.7. The van der Waals surface area contributed by atoms with Crippen LogP contribution in [0.5, 0.6) is 0 Å². The van der Waals surface area contributed by atoms with Crippen LogP contribution < -0.4 is 44.9 Å². The number of nitrogens with zero attached hydrogens (tertiary/aromatic N) is 1. The molecule has 0 aliphatic carbocycles. The van der Waals surface area contributed by atoms with Crippen molar-refractivity contribution in [1.82, 2.24) is 0 Å². The molecule has 1 N–H and O–H groups in total. The molecule has 9 heteroatoms. The molecule has 0 saturated carbocycles. The molecule has 1 aliphatic rings. The average molecular weight is 523 g/mol. The summed E-state index contributed by atoms with van der Waals surface area (Å²) in [6.45, 7) is 1.72. The number of anilines is 2. The van der Waals surface area contributed by atoms with Crippen molar-refractivity contribution in [3.05, 3.63) is 94.3 Å². The van der Waals surface area contributed by atoms with Gasteiger partial charge in [0.05, 0.1) is 5.56 Å². The van der Waals surface area contributed by atoms with E-state index in [-0.39, 0.29) is 42.4 Å². The molecule has 0 bridgehead atoms. The van der Waals surface area contributed by atoms with Gasteiger partial charge < -0.3 is 20.1 Å². The normalized spacial score (nSPS) is 13.0. The molecule has 0 aromatic heterocycles. The number of carboxylic acids is 1. The van der Waals surface area contributed by atoms with Gasteiger partial charge in [-0.05, 0) is 78.6 Å². The Kier molecular flexibility index (Phi) is 10.0. The smallest absolute Gasteiger partial charge is 0.550 e. The largest absolute Gasteiger partial charge is 1.00 e. The Balaban J connectivity index is 0.00000380. The summed E-state index contributed by atoms with van der Waals surface area (Å²) in [6, 6.07) is 16.3. The zero-order valence-electron chi connectivity index (χ0n) is 20.7. The molecular weight excluding hydrogens is 495 g/mol. The molecule has 0 fully saturated rings. The summed E-state index contributed by atoms with van der Waals surface area (Å²) in [7, 11) is 0. The molecule has 4 nitrogen and oxygen atoms in total. The first-order valence-corrected chi connectivity index (χ1v) is 12.0. The standard InChI is InChI=1S/C28H28F4N2O2.Na/c29-25-17-22(12-10-20(25)11-13-27(35)36)33-18-21-6-3-9-26-23(21)7-4-15-34(26)16-14-19-5-1-2-8-24(19)28(30,31)32;/h1-3,5-6,8-10,12,17,33H,4,7,11,13-16,18H2,(H,35,36);/q;+1/p-1. The number of carboxylic acid groups (broad SMARTS) is 1. The first kappa shape index (κ1) is 29.0. The van der Waals surface area contributed by atoms with Crippen LogP contribution in [-0.4, -0.2) is 19.1 Å². The number of alkyl halides is 3. The van der Waals surface area contributed by atoms with Gasteiger partial charge in [0.1, 0.15) is 5.82 Å². The van der Waals surface area contributed by atoms with Crippen molar-refractivity contribution in [3.8, 4) is 0 Å². The molecule has 3 aromatic rings. The molecule has 0 atom stereocenters. The predicted molar refractivity (Wildman–Crippen MR) is 129 cm³/mol. The molecular formula is C28H27F4N2NaO2. The summed E-state index contributed by atoms with van der Waals surface area (Å²) in [5.41, 5.74) is 3.83. The Labute approximate surface area is 236 Å². The topological polar surface area (TPSA) is 55.4 Å². The van der Waals surface area contributed by atoms with Crippen molar-refractivity contribution in [2.45, 2.75) is 44.8 Å². The van der Waals surface area contributed by atoms with Crippen LogP contribution in [0.2, 0.25) is 0 Å². The van der Waals surface area contributed by atoms with Crippen LogP contribution in [0.1, 0.15) is 40.7 Å². The summed E-state index contributed by atoms with van der Waals surface area (Å²) in [6.07, 6.45) is -2.49. The number of hydrogen-bond donors (Lipinski definition) is 1. The average Bonchev–Trinajstić information content (AvgIpc) is 2.85. The van der Waals surface area contributed by atoms with E-state index < -0.39 is 23.5 Å². The molecule has 1 aliphatic heterocycles. The van der Waals surface area contributed by atoms with Crippen LogP contribution in [0.25, 0.3) is 0 Å². The van der Waals surface area contributed by atoms with Gasteiger partial charge in [0.2, 0.25) is 0 Å². The van der Waals surface area contributed by atoms with Crippen LogP contribution >= 0.6 is 0 Å². The van der Waals surface area contributed by atoms with Crippen LogP contribution in [0.3, 0.4) is 0 Å². The van der Waals surface area contributed by atoms with E-state index in [1.807, 2.05) is 18.2 Å². The van der Waals surface area contributed by atoms with Crippen molar-refractivity contribution in [2.75, 3.05) is 23.3 Å². The van der Waals surface area contributed by atoms with E-state index in [2.05, 4.69) is 10.2 Å². The minimum absolute atomic E-state index is 0. The number of benzene rings is 3. The molecule has 0 unspecified atom stereocenters. The van der Waals surface area contributed by atoms with Gasteiger partial charge in [0.25, 0.3) is 0 Å². The number of halogens is 4. The number of nitrogens with one attached hydrogen (secondary N) is 1. The van der Waals surface area contributed by atoms with E-state index in [0.29, 0.717) is 36.3 Å². The second-order valence-corrected chi connectivity index (χ2v) is 8.94. The Bertz CT molecular complexity index is 1230. The third-order valence-electron chi connectivity index (χ3n) is 6.55. The van der Waals surface area contributed by atoms with E-state index in [4.69, 9.17) is 0 Å². The summed E-state index contributed by atoms with van der Waals surface area (Å²) in [5.74, 6) is -1.69. The van der Waals surface area contributed by atoms with Gasteiger partial charge in [0, 0.05) is 37.0 Å². The van der Waals surface area contributed by atoms with Crippen LogP contribution in [0.4, 0.5) is 28.9 Å². The summed E-state index contributed by atoms with van der Waals surface area (Å²) in [5, 5.41) is 13.9. The Morgan fingerprint density at radius 3 is 2.46 bits per heavy atom. The number of carbonyl (C=O) groups is 1. The number of fused-ring (bicyclic) bond motifs is 1. The number of hydrogen-bond acceptors (Lipinski definition) is 4. The maximum Gasteiger partial charge on any atom is 1.00 e. The monoisotopic (exact) mass is 522 g/mol. The third kappa shape index (κ3) is 7.49. The zero-order chi connectivity index (χ0) is 25.7. The minimum atomic E-state index is -4.37. The van der Waals surface area contributed by atoms with Crippen LogP contribution in [-0.2, 0) is 36.8 Å². The van der Waals surface area contributed by atoms with Crippen LogP contribution in [0, 0.1) is 5.82 Å². The maximum absolute atomic E-state index is 14.3. The van der Waals surface area contributed by atoms with E-state index in [1.54, 1.807) is 18.2 Å². The fourth-order valence-corrected chi connectivity index (χ4v) is 4.74. The van der Waals surface area contributed by atoms with Crippen molar-refractivity contribution in [2.24, 2.45) is 0 Å². The predicted octanol–water partition coefficient (Wildman–Crippen LogP) is 2.14. The molecule has 0 amide bonds. The van der Waals surface area contributed by atoms with Gasteiger partial charge >= 0.3 is 35.7 Å². The second kappa shape index (κ2) is 12.8. The molecule has 0 spiro atoms. The Morgan fingerprint density at radius 1 is 0.973 bits per heavy atom. The number of aliphatic carboxylic acids is 1. The second-order valence-electron chi connectivity index (χ2n) is 8.94. The van der Waals surface area contributed by atoms with Crippen molar-refractivity contribution >= 4 is 17.3 Å². The Morgan fingerprint density at radius 2 is 1.73 bits per heavy atom. The van der Waals surface area contributed by atoms with Gasteiger partial charge in [-0.1, -0.05) is 36.4 Å². The summed E-state index contributed by atoms with van der Waals surface area (Å²) >= 11 is 0. The third-order valence-corrected chi connectivity index (χ3v) is 6.55. The fraction of sp³-hybridized carbons (Fsp3) is 0.321. The first-order chi connectivity index (χ1) is 17.2. The van der Waals surface area contributed by atoms with Gasteiger partial charge in [-0.25, -0.2) is 4.39 Å². The Hall–Kier alpha value is -2.55. The molecule has 4 rings (SSSR count). The molecule has 0 saturated heterocycles. The number of carbonyl (C=O) groups excluding carboxylic acids is 1. The number of aryl methyl sites for hydroxylation is 1. The van der Waals surface area contributed by atoms with Gasteiger partial charge in [-0.3, -0.25) is 0 Å². The number of rotatable bonds is 9. The summed E-state index contributed by atoms with van der Waals surface area (Å²) in [4.78, 5) is 12.8. The molecule has 190 valence electrons. The first-order valence-electron chi connectivity index (χ1n) is 12.0. The minimum Gasteiger partial charge on any atom is -0.550 e. The van der Waals surface area contributed by atoms with E-state index in [9.17, 15) is 27.5 Å². The fourth-order valence-electron chi connectivity index (χ4n) is 4.74. The summed E-state index contributed by atoms with van der Waals surface area (Å²) < 4.78 is 54.5. The molecule has 1 heterocycles. The quantitative estimate of drug-likeness (QED) is 0.346. The molecule has 3 aromatic carbocycles. The van der Waals surface area contributed by atoms with Crippen molar-refractivity contribution in [3.63, 3.8) is 0 Å². The van der Waals surface area contributed by atoms with Crippen molar-refractivity contribution < 1.29 is 57.0 Å². The van der Waals surface area contributed by atoms with Gasteiger partial charge in [-0.15, -0.1) is 0 Å². The van der Waals surface area contributed by atoms with Gasteiger partial charge in [0.15, 0.2) is 0 Å². The van der Waals surface area contributed by atoms with Crippen molar-refractivity contribution in [1.29, 1.82) is 0 Å². The van der Waals surface area contributed by atoms with E-state index >= 15 is 0 Å².